The van der Waals surface area contributed by atoms with Crippen LogP contribution in [-0.4, -0.2) is 43.7 Å². The van der Waals surface area contributed by atoms with E-state index in [9.17, 15) is 4.79 Å². The topological polar surface area (TPSA) is 55.6 Å². The van der Waals surface area contributed by atoms with E-state index in [-0.39, 0.29) is 11.8 Å². The van der Waals surface area contributed by atoms with Crippen LogP contribution in [0.4, 0.5) is 0 Å². The first-order valence-electron chi connectivity index (χ1n) is 6.75. The van der Waals surface area contributed by atoms with Crippen molar-refractivity contribution in [2.75, 3.05) is 26.7 Å². The maximum atomic E-state index is 11.1. The number of hydrogen-bond acceptors (Lipinski definition) is 3. The summed E-state index contributed by atoms with van der Waals surface area (Å²) in [5.41, 5.74) is 5.35. The Bertz CT molecular complexity index is 264. The number of primary amides is 1. The van der Waals surface area contributed by atoms with Crippen molar-refractivity contribution in [3.05, 3.63) is 0 Å². The summed E-state index contributed by atoms with van der Waals surface area (Å²) in [6, 6.07) is 0. The lowest BCUT2D eigenvalue weighted by molar-refractivity contribution is -0.121. The van der Waals surface area contributed by atoms with E-state index in [2.05, 4.69) is 4.90 Å². The Morgan fingerprint density at radius 3 is 2.65 bits per heavy atom. The fraction of sp³-hybridized carbons (Fsp3) is 0.923. The largest absolute Gasteiger partial charge is 0.380 e. The van der Waals surface area contributed by atoms with E-state index >= 15 is 0 Å². The van der Waals surface area contributed by atoms with Gasteiger partial charge < -0.3 is 10.5 Å². The molecule has 2 aliphatic rings. The summed E-state index contributed by atoms with van der Waals surface area (Å²) in [6.45, 7) is 2.77. The van der Waals surface area contributed by atoms with E-state index in [1.54, 1.807) is 0 Å². The monoisotopic (exact) mass is 240 g/mol. The highest BCUT2D eigenvalue weighted by Crippen LogP contribution is 2.30. The summed E-state index contributed by atoms with van der Waals surface area (Å²) in [5.74, 6) is 0.617. The quantitative estimate of drug-likeness (QED) is 0.780. The van der Waals surface area contributed by atoms with Crippen molar-refractivity contribution in [1.29, 1.82) is 0 Å². The average Bonchev–Trinajstić information content (AvgIpc) is 2.96. The lowest BCUT2D eigenvalue weighted by atomic mass is 10.0. The number of nitrogens with zero attached hydrogens (tertiary/aromatic N) is 1. The van der Waals surface area contributed by atoms with Crippen LogP contribution < -0.4 is 5.73 Å². The molecule has 0 radical (unpaired) electrons. The number of methoxy groups -OCH3 is 1. The van der Waals surface area contributed by atoms with Gasteiger partial charge in [-0.05, 0) is 31.7 Å². The van der Waals surface area contributed by atoms with E-state index in [0.717, 1.165) is 26.1 Å². The van der Waals surface area contributed by atoms with Gasteiger partial charge in [0.25, 0.3) is 0 Å². The van der Waals surface area contributed by atoms with Crippen LogP contribution in [0.5, 0.6) is 0 Å². The van der Waals surface area contributed by atoms with Gasteiger partial charge in [-0.1, -0.05) is 12.8 Å². The first-order chi connectivity index (χ1) is 8.20. The molecule has 4 heteroatoms. The molecule has 4 nitrogen and oxygen atoms in total. The molecule has 1 aliphatic carbocycles. The molecule has 2 N–H and O–H groups in total. The maximum absolute atomic E-state index is 11.1. The van der Waals surface area contributed by atoms with E-state index in [4.69, 9.17) is 10.5 Å². The second-order valence-corrected chi connectivity index (χ2v) is 5.47. The van der Waals surface area contributed by atoms with Crippen LogP contribution >= 0.6 is 0 Å². The molecule has 1 saturated heterocycles. The van der Waals surface area contributed by atoms with Crippen molar-refractivity contribution in [2.45, 2.75) is 38.2 Å². The Labute approximate surface area is 103 Å². The van der Waals surface area contributed by atoms with Crippen LogP contribution in [0.3, 0.4) is 0 Å². The third-order valence-corrected chi connectivity index (χ3v) is 4.34. The highest BCUT2D eigenvalue weighted by Gasteiger charge is 2.31. The molecule has 1 amide bonds. The van der Waals surface area contributed by atoms with E-state index in [1.165, 1.54) is 25.7 Å². The van der Waals surface area contributed by atoms with Gasteiger partial charge in [-0.3, -0.25) is 9.69 Å². The van der Waals surface area contributed by atoms with Gasteiger partial charge in [-0.2, -0.15) is 0 Å². The van der Waals surface area contributed by atoms with Crippen LogP contribution in [-0.2, 0) is 9.53 Å². The van der Waals surface area contributed by atoms with Crippen molar-refractivity contribution in [2.24, 2.45) is 17.6 Å². The van der Waals surface area contributed by atoms with Gasteiger partial charge in [-0.25, -0.2) is 0 Å². The predicted molar refractivity (Wildman–Crippen MR) is 66.5 cm³/mol. The third kappa shape index (κ3) is 3.19. The maximum Gasteiger partial charge on any atom is 0.221 e. The van der Waals surface area contributed by atoms with Crippen molar-refractivity contribution < 1.29 is 9.53 Å². The van der Waals surface area contributed by atoms with E-state index in [1.807, 2.05) is 7.11 Å². The zero-order valence-corrected chi connectivity index (χ0v) is 10.7. The van der Waals surface area contributed by atoms with Gasteiger partial charge in [0.1, 0.15) is 0 Å². The molecule has 2 unspecified atom stereocenters. The molecule has 2 atom stereocenters. The number of amides is 1. The molecule has 1 aliphatic heterocycles. The Hall–Kier alpha value is -0.610. The number of nitrogens with two attached hydrogens (primary N) is 1. The van der Waals surface area contributed by atoms with Crippen LogP contribution in [0.2, 0.25) is 0 Å². The SMILES string of the molecule is COC(CN1CCC(C(N)=O)C1)C1CCCC1. The smallest absolute Gasteiger partial charge is 0.221 e. The van der Waals surface area contributed by atoms with Crippen LogP contribution in [0.15, 0.2) is 0 Å². The van der Waals surface area contributed by atoms with Gasteiger partial charge >= 0.3 is 0 Å². The predicted octanol–water partition coefficient (Wildman–Crippen LogP) is 0.999. The Morgan fingerprint density at radius 1 is 1.41 bits per heavy atom. The number of rotatable bonds is 5. The van der Waals surface area contributed by atoms with Crippen LogP contribution in [0.1, 0.15) is 32.1 Å². The molecule has 98 valence electrons. The highest BCUT2D eigenvalue weighted by molar-refractivity contribution is 5.77. The fourth-order valence-corrected chi connectivity index (χ4v) is 3.23. The molecule has 2 rings (SSSR count). The van der Waals surface area contributed by atoms with Gasteiger partial charge in [0, 0.05) is 20.2 Å². The minimum atomic E-state index is -0.151. The fourth-order valence-electron chi connectivity index (χ4n) is 3.23. The van der Waals surface area contributed by atoms with Crippen molar-refractivity contribution in [1.82, 2.24) is 4.90 Å². The van der Waals surface area contributed by atoms with E-state index in [0.29, 0.717) is 12.0 Å². The number of carbonyl (C=O) groups excluding carboxylic acids is 1. The van der Waals surface area contributed by atoms with Gasteiger partial charge in [0.2, 0.25) is 5.91 Å². The lowest BCUT2D eigenvalue weighted by Crippen LogP contribution is -2.37. The zero-order chi connectivity index (χ0) is 12.3. The molecule has 0 spiro atoms. The minimum absolute atomic E-state index is 0.0519. The molecular weight excluding hydrogens is 216 g/mol. The Morgan fingerprint density at radius 2 is 2.12 bits per heavy atom. The van der Waals surface area contributed by atoms with Gasteiger partial charge in [0.15, 0.2) is 0 Å². The number of likely N-dealkylation sites (tertiary alicyclic amines) is 1. The normalized spacial score (nSPS) is 28.6. The van der Waals surface area contributed by atoms with E-state index < -0.39 is 0 Å². The molecule has 0 bridgehead atoms. The summed E-state index contributed by atoms with van der Waals surface area (Å²) < 4.78 is 5.63. The van der Waals surface area contributed by atoms with Crippen LogP contribution in [0, 0.1) is 11.8 Å². The van der Waals surface area contributed by atoms with Crippen LogP contribution in [0.25, 0.3) is 0 Å². The van der Waals surface area contributed by atoms with Crippen molar-refractivity contribution >= 4 is 5.91 Å². The molecular formula is C13H24N2O2. The molecule has 2 fully saturated rings. The summed E-state index contributed by atoms with van der Waals surface area (Å²) in [7, 11) is 1.81. The van der Waals surface area contributed by atoms with Gasteiger partial charge in [-0.15, -0.1) is 0 Å². The Balaban J connectivity index is 1.81. The van der Waals surface area contributed by atoms with Crippen molar-refractivity contribution in [3.63, 3.8) is 0 Å². The number of carbonyl (C=O) groups is 1. The molecule has 17 heavy (non-hydrogen) atoms. The third-order valence-electron chi connectivity index (χ3n) is 4.34. The second kappa shape index (κ2) is 5.83. The summed E-state index contributed by atoms with van der Waals surface area (Å²) in [5, 5.41) is 0. The Kier molecular flexibility index (Phi) is 4.40. The highest BCUT2D eigenvalue weighted by atomic mass is 16.5. The average molecular weight is 240 g/mol. The number of hydrogen-bond donors (Lipinski definition) is 1. The first-order valence-corrected chi connectivity index (χ1v) is 6.75. The number of ether oxygens (including phenoxy) is 1. The first kappa shape index (κ1) is 12.8. The summed E-state index contributed by atoms with van der Waals surface area (Å²) in [4.78, 5) is 13.5. The van der Waals surface area contributed by atoms with Gasteiger partial charge in [0.05, 0.1) is 12.0 Å². The molecule has 0 aromatic heterocycles. The molecule has 1 saturated carbocycles. The standard InChI is InChI=1S/C13H24N2O2/c1-17-12(10-4-2-3-5-10)9-15-7-6-11(8-15)13(14)16/h10-12H,2-9H2,1H3,(H2,14,16). The summed E-state index contributed by atoms with van der Waals surface area (Å²) in [6.07, 6.45) is 6.53. The molecule has 0 aromatic rings. The molecule has 1 heterocycles. The summed E-state index contributed by atoms with van der Waals surface area (Å²) >= 11 is 0. The lowest BCUT2D eigenvalue weighted by Gasteiger charge is -2.27. The minimum Gasteiger partial charge on any atom is -0.380 e. The van der Waals surface area contributed by atoms with Crippen molar-refractivity contribution in [3.8, 4) is 0 Å². The molecule has 0 aromatic carbocycles. The second-order valence-electron chi connectivity index (χ2n) is 5.47. The zero-order valence-electron chi connectivity index (χ0n) is 10.7.